The summed E-state index contributed by atoms with van der Waals surface area (Å²) in [6.07, 6.45) is 0. The van der Waals surface area contributed by atoms with E-state index in [9.17, 15) is 0 Å². The number of hydrogen-bond acceptors (Lipinski definition) is 0. The van der Waals surface area contributed by atoms with E-state index in [-0.39, 0.29) is 0 Å². The van der Waals surface area contributed by atoms with E-state index in [1.807, 2.05) is 0 Å². The third-order valence-electron chi connectivity index (χ3n) is 0. The molecule has 0 rings (SSSR count). The first kappa shape index (κ1) is 28.3. The molecule has 0 bridgehead atoms. The monoisotopic (exact) mass is 552 g/mol. The Morgan fingerprint density at radius 2 is 0.471 bits per heavy atom. The molecule has 0 aliphatic rings. The Morgan fingerprint density at radius 3 is 0.471 bits per heavy atom. The SMILES string of the molecule is CP(C)C.CP(C)C.CP(C)C.[Cl][W]([Cl])([Cl])[Cl]. The van der Waals surface area contributed by atoms with Crippen molar-refractivity contribution in [1.82, 2.24) is 0 Å². The van der Waals surface area contributed by atoms with Crippen molar-refractivity contribution in [3.8, 4) is 0 Å². The van der Waals surface area contributed by atoms with Gasteiger partial charge in [-0.25, -0.2) is 0 Å². The summed E-state index contributed by atoms with van der Waals surface area (Å²) in [5.74, 6) is 0. The van der Waals surface area contributed by atoms with Crippen LogP contribution in [0.4, 0.5) is 0 Å². The van der Waals surface area contributed by atoms with E-state index < -0.39 is 11.9 Å². The molecule has 0 atom stereocenters. The van der Waals surface area contributed by atoms with Gasteiger partial charge in [-0.05, 0) is 60.0 Å². The summed E-state index contributed by atoms with van der Waals surface area (Å²) in [7, 11) is 21.3. The molecule has 17 heavy (non-hydrogen) atoms. The Labute approximate surface area is 132 Å². The van der Waals surface area contributed by atoms with Gasteiger partial charge in [0, 0.05) is 0 Å². The molecule has 0 aliphatic carbocycles. The van der Waals surface area contributed by atoms with E-state index in [0.29, 0.717) is 23.8 Å². The fraction of sp³-hybridized carbons (Fsp3) is 1.00. The first-order valence-corrected chi connectivity index (χ1v) is 27.2. The van der Waals surface area contributed by atoms with Crippen molar-refractivity contribution in [3.63, 3.8) is 0 Å². The van der Waals surface area contributed by atoms with Crippen molar-refractivity contribution in [3.05, 3.63) is 0 Å². The quantitative estimate of drug-likeness (QED) is 0.289. The molecule has 0 N–H and O–H groups in total. The summed E-state index contributed by atoms with van der Waals surface area (Å²) in [6, 6.07) is 0. The Balaban J connectivity index is -0.0000000667. The maximum absolute atomic E-state index is 5.03. The summed E-state index contributed by atoms with van der Waals surface area (Å²) in [5.41, 5.74) is 0. The fourth-order valence-corrected chi connectivity index (χ4v) is 0. The van der Waals surface area contributed by atoms with E-state index in [0.717, 1.165) is 0 Å². The number of halogens is 4. The van der Waals surface area contributed by atoms with Gasteiger partial charge in [0.2, 0.25) is 0 Å². The van der Waals surface area contributed by atoms with Gasteiger partial charge in [0.1, 0.15) is 0 Å². The molecule has 8 heteroatoms. The zero-order valence-electron chi connectivity index (χ0n) is 12.3. The third-order valence-corrected chi connectivity index (χ3v) is 0. The Hall–Kier alpha value is 3.14. The molecule has 112 valence electrons. The third kappa shape index (κ3) is 571. The molecular formula is C9H27Cl4P3W. The van der Waals surface area contributed by atoms with Crippen LogP contribution >= 0.6 is 61.4 Å². The van der Waals surface area contributed by atoms with Crippen LogP contribution in [-0.4, -0.2) is 60.0 Å². The molecule has 0 fully saturated rings. The number of rotatable bonds is 0. The zero-order chi connectivity index (χ0) is 15.2. The van der Waals surface area contributed by atoms with Gasteiger partial charge in [-0.15, -0.1) is 23.8 Å². The molecule has 0 nitrogen and oxygen atoms in total. The van der Waals surface area contributed by atoms with E-state index in [2.05, 4.69) is 60.0 Å². The van der Waals surface area contributed by atoms with E-state index in [1.165, 1.54) is 0 Å². The summed E-state index contributed by atoms with van der Waals surface area (Å²) in [5, 5.41) is 0. The average Bonchev–Trinajstić information content (AvgIpc) is 1.73. The zero-order valence-corrected chi connectivity index (χ0v) is 20.9. The van der Waals surface area contributed by atoms with Gasteiger partial charge >= 0.3 is 49.6 Å². The summed E-state index contributed by atoms with van der Waals surface area (Å²) < 4.78 is 0. The van der Waals surface area contributed by atoms with Crippen LogP contribution in [0.3, 0.4) is 0 Å². The molecule has 0 aromatic rings. The summed E-state index contributed by atoms with van der Waals surface area (Å²) >= 11 is -3.28. The fourth-order valence-electron chi connectivity index (χ4n) is 0. The van der Waals surface area contributed by atoms with Gasteiger partial charge in [-0.1, -0.05) is 0 Å². The van der Waals surface area contributed by atoms with Gasteiger partial charge in [0.25, 0.3) is 0 Å². The van der Waals surface area contributed by atoms with Crippen molar-refractivity contribution in [2.24, 2.45) is 0 Å². The molecule has 0 radical (unpaired) electrons. The molecule has 0 aromatic heterocycles. The van der Waals surface area contributed by atoms with Gasteiger partial charge in [0.05, 0.1) is 0 Å². The average molecular weight is 554 g/mol. The van der Waals surface area contributed by atoms with Crippen LogP contribution in [0, 0.1) is 0 Å². The van der Waals surface area contributed by atoms with E-state index in [4.69, 9.17) is 37.7 Å². The van der Waals surface area contributed by atoms with E-state index >= 15 is 0 Å². The van der Waals surface area contributed by atoms with Crippen LogP contribution in [0.2, 0.25) is 0 Å². The van der Waals surface area contributed by atoms with Crippen LogP contribution in [0.15, 0.2) is 0 Å². The second kappa shape index (κ2) is 19.1. The Kier molecular flexibility index (Phi) is 31.9. The van der Waals surface area contributed by atoms with Crippen molar-refractivity contribution in [2.45, 2.75) is 0 Å². The molecule has 0 aromatic carbocycles. The van der Waals surface area contributed by atoms with Crippen molar-refractivity contribution in [2.75, 3.05) is 60.0 Å². The normalized spacial score (nSPS) is 10.8. The predicted molar refractivity (Wildman–Crippen MR) is 97.5 cm³/mol. The molecular weight excluding hydrogens is 527 g/mol. The van der Waals surface area contributed by atoms with Crippen molar-refractivity contribution < 1.29 is 11.9 Å². The molecule has 0 saturated heterocycles. The molecule has 0 heterocycles. The van der Waals surface area contributed by atoms with E-state index in [1.54, 1.807) is 0 Å². The van der Waals surface area contributed by atoms with Crippen LogP contribution in [0.5, 0.6) is 0 Å². The van der Waals surface area contributed by atoms with Gasteiger partial charge < -0.3 is 0 Å². The first-order chi connectivity index (χ1) is 7.20. The molecule has 0 saturated carbocycles. The first-order valence-electron chi connectivity index (χ1n) is 4.64. The van der Waals surface area contributed by atoms with Crippen molar-refractivity contribution >= 4 is 61.4 Å². The van der Waals surface area contributed by atoms with Crippen LogP contribution in [0.1, 0.15) is 0 Å². The minimum atomic E-state index is -3.28. The van der Waals surface area contributed by atoms with Crippen LogP contribution in [0.25, 0.3) is 0 Å². The van der Waals surface area contributed by atoms with Crippen molar-refractivity contribution in [1.29, 1.82) is 0 Å². The molecule has 0 spiro atoms. The van der Waals surface area contributed by atoms with Crippen LogP contribution in [-0.2, 0) is 11.9 Å². The second-order valence-electron chi connectivity index (χ2n) is 4.37. The van der Waals surface area contributed by atoms with Gasteiger partial charge in [-0.2, -0.15) is 0 Å². The summed E-state index contributed by atoms with van der Waals surface area (Å²) in [4.78, 5) is 0. The van der Waals surface area contributed by atoms with Gasteiger partial charge in [-0.3, -0.25) is 0 Å². The standard InChI is InChI=1S/3C3H9P.4ClH.W/c3*1-4(2)3;;;;;/h3*1-3H3;4*1H;/q;;;;;;;+4/p-4. The predicted octanol–water partition coefficient (Wildman–Crippen LogP) is 6.83. The van der Waals surface area contributed by atoms with Crippen LogP contribution < -0.4 is 0 Å². The molecule has 0 amide bonds. The summed E-state index contributed by atoms with van der Waals surface area (Å²) in [6.45, 7) is 20.1. The molecule has 0 unspecified atom stereocenters. The maximum atomic E-state index is 5.03. The topological polar surface area (TPSA) is 0 Å². The molecule has 0 aliphatic heterocycles. The Bertz CT molecular complexity index is 101. The second-order valence-corrected chi connectivity index (χ2v) is 37.9. The Morgan fingerprint density at radius 1 is 0.471 bits per heavy atom. The number of hydrogen-bond donors (Lipinski definition) is 0. The van der Waals surface area contributed by atoms with Gasteiger partial charge in [0.15, 0.2) is 0 Å². The minimum absolute atomic E-state index is 0.380.